The van der Waals surface area contributed by atoms with Crippen LogP contribution in [0.15, 0.2) is 40.0 Å². The molecule has 224 valence electrons. The molecule has 1 aromatic carbocycles. The summed E-state index contributed by atoms with van der Waals surface area (Å²) in [7, 11) is 0. The number of hydrogen-bond acceptors (Lipinski definition) is 7. The highest BCUT2D eigenvalue weighted by atomic mass is 32.2. The number of unbranched alkanes of at least 4 members (excludes halogenated alkanes) is 1. The van der Waals surface area contributed by atoms with Crippen molar-refractivity contribution in [1.82, 2.24) is 14.4 Å². The van der Waals surface area contributed by atoms with Crippen molar-refractivity contribution < 1.29 is 4.79 Å². The van der Waals surface area contributed by atoms with Crippen molar-refractivity contribution in [3.05, 3.63) is 67.8 Å². The van der Waals surface area contributed by atoms with Gasteiger partial charge in [0, 0.05) is 51.4 Å². The van der Waals surface area contributed by atoms with E-state index < -0.39 is 0 Å². The molecule has 42 heavy (non-hydrogen) atoms. The van der Waals surface area contributed by atoms with Crippen LogP contribution in [0.5, 0.6) is 0 Å². The number of piperazine rings is 1. The van der Waals surface area contributed by atoms with Crippen LogP contribution < -0.4 is 10.5 Å². The van der Waals surface area contributed by atoms with Crippen LogP contribution >= 0.6 is 24.0 Å². The lowest BCUT2D eigenvalue weighted by molar-refractivity contribution is -0.122. The van der Waals surface area contributed by atoms with Crippen molar-refractivity contribution in [2.24, 2.45) is 5.92 Å². The Morgan fingerprint density at radius 1 is 1.07 bits per heavy atom. The summed E-state index contributed by atoms with van der Waals surface area (Å²) < 4.78 is 2.33. The van der Waals surface area contributed by atoms with Gasteiger partial charge in [-0.05, 0) is 42.9 Å². The van der Waals surface area contributed by atoms with E-state index in [0.717, 1.165) is 76.2 Å². The molecule has 0 N–H and O–H groups in total. The first-order chi connectivity index (χ1) is 20.3. The smallest absolute Gasteiger partial charge is 0.270 e. The van der Waals surface area contributed by atoms with Gasteiger partial charge < -0.3 is 4.90 Å². The molecule has 0 saturated carbocycles. The number of carbonyl (C=O) groups is 1. The van der Waals surface area contributed by atoms with Gasteiger partial charge in [-0.25, -0.2) is 0 Å². The zero-order valence-electron chi connectivity index (χ0n) is 25.4. The summed E-state index contributed by atoms with van der Waals surface area (Å²) in [5.74, 6) is 1.13. The number of anilines is 1. The summed E-state index contributed by atoms with van der Waals surface area (Å²) in [6.45, 7) is 13.4. The van der Waals surface area contributed by atoms with Gasteiger partial charge >= 0.3 is 0 Å². The van der Waals surface area contributed by atoms with Crippen molar-refractivity contribution in [3.8, 4) is 6.07 Å². The van der Waals surface area contributed by atoms with Crippen molar-refractivity contribution in [1.29, 1.82) is 5.26 Å². The van der Waals surface area contributed by atoms with Gasteiger partial charge in [0.25, 0.3) is 11.5 Å². The summed E-state index contributed by atoms with van der Waals surface area (Å²) in [5.41, 5.74) is 2.56. The van der Waals surface area contributed by atoms with Gasteiger partial charge in [0.1, 0.15) is 21.8 Å². The summed E-state index contributed by atoms with van der Waals surface area (Å²) >= 11 is 7.02. The molecule has 4 rings (SSSR count). The Morgan fingerprint density at radius 2 is 1.79 bits per heavy atom. The Morgan fingerprint density at radius 3 is 2.40 bits per heavy atom. The van der Waals surface area contributed by atoms with E-state index in [9.17, 15) is 14.9 Å². The van der Waals surface area contributed by atoms with Crippen LogP contribution in [-0.2, 0) is 17.9 Å². The number of rotatable bonds is 12. The molecule has 7 nitrogen and oxygen atoms in total. The van der Waals surface area contributed by atoms with E-state index in [1.54, 1.807) is 9.47 Å². The first-order valence-corrected chi connectivity index (χ1v) is 16.5. The van der Waals surface area contributed by atoms with Crippen molar-refractivity contribution in [2.45, 2.75) is 72.9 Å². The molecule has 0 aliphatic carbocycles. The molecular formula is C33H43N5O2S2. The Labute approximate surface area is 260 Å². The van der Waals surface area contributed by atoms with Gasteiger partial charge in [-0.3, -0.25) is 24.0 Å². The summed E-state index contributed by atoms with van der Waals surface area (Å²) in [6.07, 6.45) is 7.00. The average Bonchev–Trinajstić information content (AvgIpc) is 3.26. The predicted octanol–water partition coefficient (Wildman–Crippen LogP) is 6.18. The van der Waals surface area contributed by atoms with Crippen LogP contribution in [0.25, 0.3) is 6.08 Å². The average molecular weight is 606 g/mol. The van der Waals surface area contributed by atoms with E-state index in [2.05, 4.69) is 54.0 Å². The number of benzene rings is 1. The number of nitriles is 1. The fraction of sp³-hybridized carbons (Fsp3) is 0.515. The quantitative estimate of drug-likeness (QED) is 0.211. The van der Waals surface area contributed by atoms with Crippen molar-refractivity contribution >= 4 is 46.1 Å². The topological polar surface area (TPSA) is 72.6 Å². The molecule has 2 saturated heterocycles. The normalized spacial score (nSPS) is 17.7. The van der Waals surface area contributed by atoms with E-state index in [1.807, 2.05) is 26.0 Å². The second-order valence-electron chi connectivity index (χ2n) is 11.3. The molecule has 3 heterocycles. The summed E-state index contributed by atoms with van der Waals surface area (Å²) in [4.78, 5) is 34.2. The van der Waals surface area contributed by atoms with Gasteiger partial charge in [0.05, 0.1) is 4.91 Å². The molecule has 0 radical (unpaired) electrons. The minimum Gasteiger partial charge on any atom is -0.355 e. The Kier molecular flexibility index (Phi) is 11.4. The molecular weight excluding hydrogens is 563 g/mol. The fourth-order valence-corrected chi connectivity index (χ4v) is 7.10. The third-order valence-electron chi connectivity index (χ3n) is 8.35. The minimum absolute atomic E-state index is 0.0790. The van der Waals surface area contributed by atoms with Gasteiger partial charge in [-0.15, -0.1) is 0 Å². The lowest BCUT2D eigenvalue weighted by atomic mass is 9.99. The Hall–Kier alpha value is -2.93. The fourth-order valence-electron chi connectivity index (χ4n) is 5.84. The van der Waals surface area contributed by atoms with Gasteiger partial charge in [-0.1, -0.05) is 94.3 Å². The maximum Gasteiger partial charge on any atom is 0.270 e. The molecule has 2 aliphatic heterocycles. The molecule has 1 amide bonds. The molecule has 2 aliphatic rings. The maximum absolute atomic E-state index is 13.7. The lowest BCUT2D eigenvalue weighted by Gasteiger charge is -2.38. The van der Waals surface area contributed by atoms with E-state index in [1.165, 1.54) is 17.3 Å². The van der Waals surface area contributed by atoms with Crippen LogP contribution in [0.4, 0.5) is 5.82 Å². The molecule has 0 bridgehead atoms. The summed E-state index contributed by atoms with van der Waals surface area (Å²) in [6, 6.07) is 12.6. The summed E-state index contributed by atoms with van der Waals surface area (Å²) in [5, 5.41) is 9.98. The van der Waals surface area contributed by atoms with E-state index in [0.29, 0.717) is 33.8 Å². The van der Waals surface area contributed by atoms with Crippen LogP contribution in [0.3, 0.4) is 0 Å². The number of pyridine rings is 1. The van der Waals surface area contributed by atoms with Crippen LogP contribution in [-0.4, -0.2) is 57.3 Å². The third-order valence-corrected chi connectivity index (χ3v) is 9.73. The zero-order valence-corrected chi connectivity index (χ0v) is 27.0. The molecule has 1 unspecified atom stereocenters. The van der Waals surface area contributed by atoms with Crippen LogP contribution in [0.1, 0.15) is 75.1 Å². The highest BCUT2D eigenvalue weighted by Gasteiger charge is 2.34. The number of aromatic nitrogens is 1. The number of nitrogens with zero attached hydrogens (tertiary/aromatic N) is 5. The number of hydrogen-bond donors (Lipinski definition) is 0. The molecule has 9 heteroatoms. The molecule has 1 atom stereocenters. The van der Waals surface area contributed by atoms with E-state index >= 15 is 0 Å². The largest absolute Gasteiger partial charge is 0.355 e. The van der Waals surface area contributed by atoms with Gasteiger partial charge in [0.15, 0.2) is 0 Å². The highest BCUT2D eigenvalue weighted by Crippen LogP contribution is 2.37. The monoisotopic (exact) mass is 605 g/mol. The predicted molar refractivity (Wildman–Crippen MR) is 178 cm³/mol. The molecule has 0 spiro atoms. The zero-order chi connectivity index (χ0) is 30.2. The van der Waals surface area contributed by atoms with Crippen molar-refractivity contribution in [2.75, 3.05) is 37.6 Å². The maximum atomic E-state index is 13.7. The Bertz CT molecular complexity index is 1400. The SMILES string of the molecule is CCCCC(CC)CN1C(=O)/C(=C/c2c(C)c(C#N)c(=O)n(CCC)c2N2CCN(Cc3ccccc3)CC2)SC1=S. The lowest BCUT2D eigenvalue weighted by Crippen LogP contribution is -2.48. The van der Waals surface area contributed by atoms with Crippen LogP contribution in [0, 0.1) is 24.2 Å². The number of amides is 1. The Balaban J connectivity index is 1.68. The highest BCUT2D eigenvalue weighted by molar-refractivity contribution is 8.26. The minimum atomic E-state index is -0.259. The number of thiocarbonyl (C=S) groups is 1. The molecule has 2 aromatic rings. The van der Waals surface area contributed by atoms with E-state index in [-0.39, 0.29) is 17.0 Å². The first kappa shape index (κ1) is 32.0. The molecule has 2 fully saturated rings. The van der Waals surface area contributed by atoms with Crippen LogP contribution in [0.2, 0.25) is 0 Å². The second kappa shape index (κ2) is 15.0. The third kappa shape index (κ3) is 7.16. The number of carbonyl (C=O) groups excluding carboxylic acids is 1. The van der Waals surface area contributed by atoms with Crippen molar-refractivity contribution in [3.63, 3.8) is 0 Å². The van der Waals surface area contributed by atoms with Gasteiger partial charge in [0.2, 0.25) is 0 Å². The second-order valence-corrected chi connectivity index (χ2v) is 12.9. The van der Waals surface area contributed by atoms with Gasteiger partial charge in [-0.2, -0.15) is 5.26 Å². The molecule has 1 aromatic heterocycles. The standard InChI is InChI=1S/C33H43N5O2S2/c1-5-8-12-25(7-3)23-38-32(40)29(42-33(38)41)20-27-24(4)28(21-34)31(39)37(15-6-2)30(27)36-18-16-35(17-19-36)22-26-13-10-9-11-14-26/h9-11,13-14,20,25H,5-8,12,15-19,22-23H2,1-4H3/b29-20-. The van der Waals surface area contributed by atoms with E-state index in [4.69, 9.17) is 12.2 Å². The number of thioether (sulfide) groups is 1. The first-order valence-electron chi connectivity index (χ1n) is 15.3.